The highest BCUT2D eigenvalue weighted by atomic mass is 15.2. The van der Waals surface area contributed by atoms with E-state index in [9.17, 15) is 0 Å². The topological polar surface area (TPSA) is 3.24 Å². The zero-order chi connectivity index (χ0) is 16.6. The van der Waals surface area contributed by atoms with E-state index >= 15 is 0 Å². The molecule has 0 N–H and O–H groups in total. The highest BCUT2D eigenvalue weighted by molar-refractivity contribution is 4.74. The Balaban J connectivity index is 4.05. The number of rotatable bonds is 16. The minimum atomic E-state index is 0.700. The average molecular weight is 312 g/mol. The Kier molecular flexibility index (Phi) is 15.8. The molecule has 0 aliphatic rings. The van der Waals surface area contributed by atoms with Crippen molar-refractivity contribution in [1.82, 2.24) is 4.90 Å². The van der Waals surface area contributed by atoms with Crippen molar-refractivity contribution in [3.8, 4) is 0 Å². The molecular formula is C21H45N. The largest absolute Gasteiger partial charge is 0.298 e. The Morgan fingerprint density at radius 1 is 0.591 bits per heavy atom. The molecule has 0 saturated heterocycles. The maximum atomic E-state index is 2.74. The lowest BCUT2D eigenvalue weighted by atomic mass is 9.98. The summed E-state index contributed by atoms with van der Waals surface area (Å²) < 4.78 is 0. The molecule has 0 rings (SSSR count). The summed E-state index contributed by atoms with van der Waals surface area (Å²) in [5.74, 6) is 0. The van der Waals surface area contributed by atoms with Crippen molar-refractivity contribution >= 4 is 0 Å². The molecule has 0 spiro atoms. The molecule has 1 unspecified atom stereocenters. The van der Waals surface area contributed by atoms with Gasteiger partial charge in [-0.15, -0.1) is 0 Å². The summed E-state index contributed by atoms with van der Waals surface area (Å²) in [5, 5.41) is 0. The molecule has 0 aromatic carbocycles. The zero-order valence-electron chi connectivity index (χ0n) is 16.5. The SMILES string of the molecule is CCCCCCCCC(CCCCCCC)N(CC)C(C)C. The van der Waals surface area contributed by atoms with E-state index in [1.807, 2.05) is 0 Å². The van der Waals surface area contributed by atoms with Crippen LogP contribution in [0.15, 0.2) is 0 Å². The number of nitrogens with zero attached hydrogens (tertiary/aromatic N) is 1. The first kappa shape index (κ1) is 22.0. The van der Waals surface area contributed by atoms with Gasteiger partial charge in [-0.05, 0) is 33.2 Å². The van der Waals surface area contributed by atoms with Crippen LogP contribution in [0, 0.1) is 0 Å². The maximum absolute atomic E-state index is 2.74. The standard InChI is InChI=1S/C21H45N/c1-6-9-11-13-15-17-19-21(22(8-3)20(4)5)18-16-14-12-10-7-2/h20-21H,6-19H2,1-5H3. The normalized spacial score (nSPS) is 13.2. The van der Waals surface area contributed by atoms with Crippen molar-refractivity contribution in [3.05, 3.63) is 0 Å². The molecule has 0 radical (unpaired) electrons. The predicted octanol–water partition coefficient (Wildman–Crippen LogP) is 7.20. The Hall–Kier alpha value is -0.0400. The molecule has 1 heteroatoms. The van der Waals surface area contributed by atoms with Gasteiger partial charge in [0.05, 0.1) is 0 Å². The van der Waals surface area contributed by atoms with E-state index in [1.54, 1.807) is 0 Å². The van der Waals surface area contributed by atoms with Gasteiger partial charge >= 0.3 is 0 Å². The van der Waals surface area contributed by atoms with Crippen LogP contribution < -0.4 is 0 Å². The van der Waals surface area contributed by atoms with Crippen LogP contribution in [0.2, 0.25) is 0 Å². The second-order valence-corrected chi connectivity index (χ2v) is 7.34. The number of hydrogen-bond acceptors (Lipinski definition) is 1. The predicted molar refractivity (Wildman–Crippen MR) is 103 cm³/mol. The summed E-state index contributed by atoms with van der Waals surface area (Å²) in [6.45, 7) is 12.9. The molecular weight excluding hydrogens is 266 g/mol. The molecule has 0 aliphatic heterocycles. The van der Waals surface area contributed by atoms with Gasteiger partial charge in [0.25, 0.3) is 0 Å². The van der Waals surface area contributed by atoms with Crippen LogP contribution in [0.1, 0.15) is 118 Å². The molecule has 0 aromatic heterocycles. The summed E-state index contributed by atoms with van der Waals surface area (Å²) in [6.07, 6.45) is 18.5. The average Bonchev–Trinajstić information content (AvgIpc) is 2.50. The fourth-order valence-electron chi connectivity index (χ4n) is 3.66. The fraction of sp³-hybridized carbons (Fsp3) is 1.00. The van der Waals surface area contributed by atoms with Gasteiger partial charge in [0, 0.05) is 12.1 Å². The molecule has 22 heavy (non-hydrogen) atoms. The van der Waals surface area contributed by atoms with Crippen molar-refractivity contribution in [1.29, 1.82) is 0 Å². The van der Waals surface area contributed by atoms with E-state index in [2.05, 4.69) is 39.5 Å². The molecule has 0 saturated carbocycles. The van der Waals surface area contributed by atoms with Crippen LogP contribution in [-0.2, 0) is 0 Å². The van der Waals surface area contributed by atoms with Crippen LogP contribution in [-0.4, -0.2) is 23.5 Å². The number of hydrogen-bond donors (Lipinski definition) is 0. The lowest BCUT2D eigenvalue weighted by molar-refractivity contribution is 0.140. The third-order valence-electron chi connectivity index (χ3n) is 5.03. The third kappa shape index (κ3) is 11.5. The number of unbranched alkanes of at least 4 members (excludes halogenated alkanes) is 9. The molecule has 0 aromatic rings. The minimum Gasteiger partial charge on any atom is -0.298 e. The molecule has 0 aliphatic carbocycles. The molecule has 134 valence electrons. The Labute approximate surface area is 142 Å². The van der Waals surface area contributed by atoms with E-state index in [1.165, 1.54) is 90.0 Å². The first-order chi connectivity index (χ1) is 10.7. The Bertz CT molecular complexity index is 212. The first-order valence-corrected chi connectivity index (χ1v) is 10.4. The molecule has 0 amide bonds. The summed E-state index contributed by atoms with van der Waals surface area (Å²) in [6, 6.07) is 1.53. The van der Waals surface area contributed by atoms with Gasteiger partial charge < -0.3 is 0 Å². The van der Waals surface area contributed by atoms with Crippen molar-refractivity contribution in [3.63, 3.8) is 0 Å². The summed E-state index contributed by atoms with van der Waals surface area (Å²) in [7, 11) is 0. The van der Waals surface area contributed by atoms with E-state index < -0.39 is 0 Å². The van der Waals surface area contributed by atoms with Crippen LogP contribution in [0.3, 0.4) is 0 Å². The Morgan fingerprint density at radius 2 is 1.00 bits per heavy atom. The highest BCUT2D eigenvalue weighted by Crippen LogP contribution is 2.20. The molecule has 1 atom stereocenters. The van der Waals surface area contributed by atoms with Crippen LogP contribution in [0.4, 0.5) is 0 Å². The lowest BCUT2D eigenvalue weighted by Gasteiger charge is -2.34. The quantitative estimate of drug-likeness (QED) is 0.272. The van der Waals surface area contributed by atoms with Gasteiger partial charge in [-0.25, -0.2) is 0 Å². The lowest BCUT2D eigenvalue weighted by Crippen LogP contribution is -2.40. The van der Waals surface area contributed by atoms with Crippen LogP contribution in [0.5, 0.6) is 0 Å². The summed E-state index contributed by atoms with van der Waals surface area (Å²) in [4.78, 5) is 2.74. The van der Waals surface area contributed by atoms with Gasteiger partial charge in [0.15, 0.2) is 0 Å². The zero-order valence-corrected chi connectivity index (χ0v) is 16.5. The highest BCUT2D eigenvalue weighted by Gasteiger charge is 2.18. The second-order valence-electron chi connectivity index (χ2n) is 7.34. The van der Waals surface area contributed by atoms with E-state index in [0.29, 0.717) is 6.04 Å². The monoisotopic (exact) mass is 311 g/mol. The minimum absolute atomic E-state index is 0.700. The van der Waals surface area contributed by atoms with Gasteiger partial charge in [-0.3, -0.25) is 4.90 Å². The fourth-order valence-corrected chi connectivity index (χ4v) is 3.66. The van der Waals surface area contributed by atoms with E-state index in [-0.39, 0.29) is 0 Å². The van der Waals surface area contributed by atoms with Crippen LogP contribution >= 0.6 is 0 Å². The third-order valence-corrected chi connectivity index (χ3v) is 5.03. The van der Waals surface area contributed by atoms with Gasteiger partial charge in [0.2, 0.25) is 0 Å². The van der Waals surface area contributed by atoms with E-state index in [0.717, 1.165) is 6.04 Å². The summed E-state index contributed by atoms with van der Waals surface area (Å²) >= 11 is 0. The van der Waals surface area contributed by atoms with Gasteiger partial charge in [-0.2, -0.15) is 0 Å². The first-order valence-electron chi connectivity index (χ1n) is 10.4. The smallest absolute Gasteiger partial charge is 0.00978 e. The van der Waals surface area contributed by atoms with Crippen molar-refractivity contribution in [2.45, 2.75) is 130 Å². The molecule has 0 heterocycles. The van der Waals surface area contributed by atoms with Gasteiger partial charge in [-0.1, -0.05) is 91.4 Å². The van der Waals surface area contributed by atoms with Crippen molar-refractivity contribution in [2.75, 3.05) is 6.54 Å². The summed E-state index contributed by atoms with van der Waals surface area (Å²) in [5.41, 5.74) is 0. The molecule has 0 fully saturated rings. The molecule has 1 nitrogen and oxygen atoms in total. The van der Waals surface area contributed by atoms with Crippen molar-refractivity contribution in [2.24, 2.45) is 0 Å². The van der Waals surface area contributed by atoms with Crippen LogP contribution in [0.25, 0.3) is 0 Å². The van der Waals surface area contributed by atoms with Crippen molar-refractivity contribution < 1.29 is 0 Å². The molecule has 0 bridgehead atoms. The Morgan fingerprint density at radius 3 is 1.36 bits per heavy atom. The van der Waals surface area contributed by atoms with E-state index in [4.69, 9.17) is 0 Å². The maximum Gasteiger partial charge on any atom is 0.00978 e. The second kappa shape index (κ2) is 15.8. The van der Waals surface area contributed by atoms with Gasteiger partial charge in [0.1, 0.15) is 0 Å².